The van der Waals surface area contributed by atoms with Gasteiger partial charge in [-0.3, -0.25) is 0 Å². The highest BCUT2D eigenvalue weighted by Gasteiger charge is 2.03. The molecule has 2 nitrogen and oxygen atoms in total. The molecule has 0 aromatic heterocycles. The predicted molar refractivity (Wildman–Crippen MR) is 32.9 cm³/mol. The van der Waals surface area contributed by atoms with Crippen molar-refractivity contribution in [3.63, 3.8) is 0 Å². The summed E-state index contributed by atoms with van der Waals surface area (Å²) in [6, 6.07) is 0.553. The van der Waals surface area contributed by atoms with Crippen molar-refractivity contribution in [2.45, 2.75) is 19.4 Å². The first-order valence-electron chi connectivity index (χ1n) is 3.21. The molecule has 0 bridgehead atoms. The van der Waals surface area contributed by atoms with E-state index < -0.39 is 0 Å². The van der Waals surface area contributed by atoms with E-state index in [1.807, 2.05) is 0 Å². The molecule has 0 aliphatic carbocycles. The Balaban J connectivity index is 2.17. The number of hydrogen-bond acceptors (Lipinski definition) is 2. The molecule has 48 valence electrons. The minimum atomic E-state index is 0.553. The smallest absolute Gasteiger partial charge is 0.0616 e. The van der Waals surface area contributed by atoms with Crippen LogP contribution in [0.4, 0.5) is 0 Å². The third-order valence-electron chi connectivity index (χ3n) is 1.33. The van der Waals surface area contributed by atoms with Crippen LogP contribution in [0, 0.1) is 0 Å². The minimum Gasteiger partial charge on any atom is -0.380 e. The molecule has 0 saturated carbocycles. The van der Waals surface area contributed by atoms with E-state index in [0.29, 0.717) is 6.04 Å². The molecule has 1 rings (SSSR count). The van der Waals surface area contributed by atoms with Crippen LogP contribution in [-0.2, 0) is 4.74 Å². The lowest BCUT2D eigenvalue weighted by atomic mass is 10.3. The zero-order valence-electron chi connectivity index (χ0n) is 5.31. The average Bonchev–Trinajstić information content (AvgIpc) is 1.94. The van der Waals surface area contributed by atoms with Crippen molar-refractivity contribution in [2.24, 2.45) is 0 Å². The van der Waals surface area contributed by atoms with Crippen molar-refractivity contribution >= 4 is 0 Å². The Labute approximate surface area is 50.2 Å². The summed E-state index contributed by atoms with van der Waals surface area (Å²) in [5, 5.41) is 3.32. The summed E-state index contributed by atoms with van der Waals surface area (Å²) < 4.78 is 5.24. The molecule has 1 fully saturated rings. The quantitative estimate of drug-likeness (QED) is 0.493. The second-order valence-corrected chi connectivity index (χ2v) is 2.28. The van der Waals surface area contributed by atoms with Crippen LogP contribution in [0.2, 0.25) is 0 Å². The highest BCUT2D eigenvalue weighted by atomic mass is 16.5. The van der Waals surface area contributed by atoms with E-state index in [4.69, 9.17) is 4.74 Å². The second kappa shape index (κ2) is 3.05. The SMILES string of the molecule is C[C@H]1COCCCN1. The largest absolute Gasteiger partial charge is 0.380 e. The Bertz CT molecular complexity index is 57.5. The molecule has 1 saturated heterocycles. The summed E-state index contributed by atoms with van der Waals surface area (Å²) in [6.07, 6.45) is 1.16. The normalized spacial score (nSPS) is 31.9. The van der Waals surface area contributed by atoms with E-state index in [9.17, 15) is 0 Å². The van der Waals surface area contributed by atoms with Gasteiger partial charge in [0.2, 0.25) is 0 Å². The van der Waals surface area contributed by atoms with E-state index >= 15 is 0 Å². The highest BCUT2D eigenvalue weighted by Crippen LogP contribution is 1.91. The lowest BCUT2D eigenvalue weighted by molar-refractivity contribution is 0.135. The Hall–Kier alpha value is -0.0800. The van der Waals surface area contributed by atoms with E-state index in [0.717, 1.165) is 26.2 Å². The van der Waals surface area contributed by atoms with Crippen LogP contribution < -0.4 is 5.32 Å². The molecule has 1 atom stereocenters. The fourth-order valence-electron chi connectivity index (χ4n) is 0.842. The summed E-state index contributed by atoms with van der Waals surface area (Å²) in [4.78, 5) is 0. The van der Waals surface area contributed by atoms with E-state index in [2.05, 4.69) is 12.2 Å². The zero-order chi connectivity index (χ0) is 5.82. The predicted octanol–water partition coefficient (Wildman–Crippen LogP) is 0.385. The van der Waals surface area contributed by atoms with Gasteiger partial charge in [-0.25, -0.2) is 0 Å². The molecule has 0 amide bonds. The molecule has 1 heterocycles. The molecule has 1 N–H and O–H groups in total. The summed E-state index contributed by atoms with van der Waals surface area (Å²) in [7, 11) is 0. The molecule has 2 heteroatoms. The van der Waals surface area contributed by atoms with Gasteiger partial charge in [-0.2, -0.15) is 0 Å². The van der Waals surface area contributed by atoms with Crippen LogP contribution in [0.1, 0.15) is 13.3 Å². The first kappa shape index (κ1) is 6.05. The maximum absolute atomic E-state index is 5.24. The van der Waals surface area contributed by atoms with Crippen molar-refractivity contribution in [2.75, 3.05) is 19.8 Å². The lowest BCUT2D eigenvalue weighted by Gasteiger charge is -2.05. The topological polar surface area (TPSA) is 21.3 Å². The van der Waals surface area contributed by atoms with Crippen LogP contribution in [0.25, 0.3) is 0 Å². The molecule has 0 spiro atoms. The van der Waals surface area contributed by atoms with Gasteiger partial charge in [0.25, 0.3) is 0 Å². The maximum atomic E-state index is 5.24. The van der Waals surface area contributed by atoms with Crippen LogP contribution in [0.5, 0.6) is 0 Å². The van der Waals surface area contributed by atoms with Gasteiger partial charge in [0.1, 0.15) is 0 Å². The summed E-state index contributed by atoms with van der Waals surface area (Å²) in [5.74, 6) is 0. The van der Waals surface area contributed by atoms with Crippen LogP contribution in [-0.4, -0.2) is 25.8 Å². The Kier molecular flexibility index (Phi) is 2.30. The van der Waals surface area contributed by atoms with Crippen LogP contribution >= 0.6 is 0 Å². The monoisotopic (exact) mass is 115 g/mol. The lowest BCUT2D eigenvalue weighted by Crippen LogP contribution is -2.27. The third kappa shape index (κ3) is 1.80. The number of ether oxygens (including phenoxy) is 1. The van der Waals surface area contributed by atoms with Gasteiger partial charge in [0.15, 0.2) is 0 Å². The zero-order valence-corrected chi connectivity index (χ0v) is 5.31. The molecule has 0 unspecified atom stereocenters. The van der Waals surface area contributed by atoms with Gasteiger partial charge >= 0.3 is 0 Å². The minimum absolute atomic E-state index is 0.553. The fraction of sp³-hybridized carbons (Fsp3) is 1.00. The highest BCUT2D eigenvalue weighted by molar-refractivity contribution is 4.61. The average molecular weight is 115 g/mol. The standard InChI is InChI=1S/C6H13NO/c1-6-5-8-4-2-3-7-6/h6-7H,2-5H2,1H3/t6-/m0/s1. The van der Waals surface area contributed by atoms with Gasteiger partial charge < -0.3 is 10.1 Å². The Morgan fingerprint density at radius 2 is 2.50 bits per heavy atom. The number of nitrogens with one attached hydrogen (secondary N) is 1. The first-order chi connectivity index (χ1) is 3.89. The van der Waals surface area contributed by atoms with Crippen LogP contribution in [0.3, 0.4) is 0 Å². The van der Waals surface area contributed by atoms with E-state index in [1.165, 1.54) is 0 Å². The van der Waals surface area contributed by atoms with Crippen molar-refractivity contribution in [3.05, 3.63) is 0 Å². The van der Waals surface area contributed by atoms with Gasteiger partial charge in [0, 0.05) is 12.6 Å². The number of hydrogen-bond donors (Lipinski definition) is 1. The fourth-order valence-corrected chi connectivity index (χ4v) is 0.842. The second-order valence-electron chi connectivity index (χ2n) is 2.28. The van der Waals surface area contributed by atoms with Gasteiger partial charge in [-0.05, 0) is 19.9 Å². The number of rotatable bonds is 0. The third-order valence-corrected chi connectivity index (χ3v) is 1.33. The molecule has 1 aliphatic rings. The van der Waals surface area contributed by atoms with Gasteiger partial charge in [-0.1, -0.05) is 0 Å². The molecule has 0 radical (unpaired) electrons. The Morgan fingerprint density at radius 1 is 1.62 bits per heavy atom. The molecular weight excluding hydrogens is 102 g/mol. The maximum Gasteiger partial charge on any atom is 0.0616 e. The van der Waals surface area contributed by atoms with Crippen molar-refractivity contribution in [1.29, 1.82) is 0 Å². The van der Waals surface area contributed by atoms with Gasteiger partial charge in [0.05, 0.1) is 6.61 Å². The van der Waals surface area contributed by atoms with Crippen molar-refractivity contribution in [3.8, 4) is 0 Å². The molecular formula is C6H13NO. The summed E-state index contributed by atoms with van der Waals surface area (Å²) in [5.41, 5.74) is 0. The molecule has 0 aromatic carbocycles. The van der Waals surface area contributed by atoms with Crippen molar-refractivity contribution in [1.82, 2.24) is 5.32 Å². The van der Waals surface area contributed by atoms with E-state index in [1.54, 1.807) is 0 Å². The van der Waals surface area contributed by atoms with E-state index in [-0.39, 0.29) is 0 Å². The Morgan fingerprint density at radius 3 is 3.38 bits per heavy atom. The van der Waals surface area contributed by atoms with Gasteiger partial charge in [-0.15, -0.1) is 0 Å². The van der Waals surface area contributed by atoms with Crippen LogP contribution in [0.15, 0.2) is 0 Å². The molecule has 8 heavy (non-hydrogen) atoms. The van der Waals surface area contributed by atoms with Crippen molar-refractivity contribution < 1.29 is 4.74 Å². The molecule has 1 aliphatic heterocycles. The summed E-state index contributed by atoms with van der Waals surface area (Å²) in [6.45, 7) is 5.06. The first-order valence-corrected chi connectivity index (χ1v) is 3.21. The molecule has 0 aromatic rings. The summed E-state index contributed by atoms with van der Waals surface area (Å²) >= 11 is 0.